The third kappa shape index (κ3) is 3.56. The van der Waals surface area contributed by atoms with Gasteiger partial charge in [-0.2, -0.15) is 5.10 Å². The predicted octanol–water partition coefficient (Wildman–Crippen LogP) is 2.77. The highest BCUT2D eigenvalue weighted by atomic mass is 35.5. The minimum atomic E-state index is -0.541. The maximum absolute atomic E-state index is 11.3. The van der Waals surface area contributed by atoms with Gasteiger partial charge in [0.1, 0.15) is 6.33 Å². The number of benzene rings is 2. The van der Waals surface area contributed by atoms with Crippen molar-refractivity contribution in [1.82, 2.24) is 20.2 Å². The van der Waals surface area contributed by atoms with Gasteiger partial charge in [0, 0.05) is 16.1 Å². The zero-order chi connectivity index (χ0) is 16.2. The van der Waals surface area contributed by atoms with Gasteiger partial charge in [-0.1, -0.05) is 35.9 Å². The summed E-state index contributed by atoms with van der Waals surface area (Å²) in [6, 6.07) is 14.2. The average molecular weight is 329 g/mol. The molecule has 0 aliphatic carbocycles. The molecule has 0 atom stereocenters. The number of nitrogens with zero attached hydrogens (tertiary/aromatic N) is 3. The van der Waals surface area contributed by atoms with E-state index in [2.05, 4.69) is 10.1 Å². The van der Waals surface area contributed by atoms with E-state index in [1.54, 1.807) is 46.8 Å². The number of carbonyl (C=O) groups excluding carboxylic acids is 1. The summed E-state index contributed by atoms with van der Waals surface area (Å²) in [5, 5.41) is 13.6. The molecule has 3 aromatic rings. The number of aromatic nitrogens is 3. The Morgan fingerprint density at radius 1 is 1.22 bits per heavy atom. The van der Waals surface area contributed by atoms with E-state index >= 15 is 0 Å². The molecular formula is C16H13ClN4O2. The second-order valence-electron chi connectivity index (χ2n) is 4.91. The van der Waals surface area contributed by atoms with Gasteiger partial charge in [-0.25, -0.2) is 15.1 Å². The molecule has 0 aliphatic heterocycles. The van der Waals surface area contributed by atoms with Gasteiger partial charge in [-0.15, -0.1) is 0 Å². The summed E-state index contributed by atoms with van der Waals surface area (Å²) >= 11 is 5.97. The van der Waals surface area contributed by atoms with Gasteiger partial charge in [0.15, 0.2) is 5.82 Å². The Morgan fingerprint density at radius 3 is 2.70 bits per heavy atom. The average Bonchev–Trinajstić information content (AvgIpc) is 3.03. The van der Waals surface area contributed by atoms with Crippen LogP contribution in [-0.2, 0) is 6.54 Å². The van der Waals surface area contributed by atoms with Gasteiger partial charge in [0.2, 0.25) is 0 Å². The molecule has 1 aromatic heterocycles. The molecule has 0 radical (unpaired) electrons. The molecule has 0 fully saturated rings. The summed E-state index contributed by atoms with van der Waals surface area (Å²) < 4.78 is 1.71. The number of rotatable bonds is 4. The molecule has 2 aromatic carbocycles. The first kappa shape index (κ1) is 15.2. The third-order valence-electron chi connectivity index (χ3n) is 3.28. The third-order valence-corrected chi connectivity index (χ3v) is 3.52. The van der Waals surface area contributed by atoms with Crippen LogP contribution in [0, 0.1) is 0 Å². The summed E-state index contributed by atoms with van der Waals surface area (Å²) in [5.74, 6) is 0.0596. The Morgan fingerprint density at radius 2 is 2.00 bits per heavy atom. The van der Waals surface area contributed by atoms with Crippen LogP contribution in [0.15, 0.2) is 54.9 Å². The van der Waals surface area contributed by atoms with Crippen molar-refractivity contribution in [2.24, 2.45) is 0 Å². The standard InChI is InChI=1S/C16H13ClN4O2/c17-14-3-1-2-13(8-14)15-18-10-21(19-15)9-11-4-6-12(7-5-11)16(22)20-23/h1-8,10,23H,9H2,(H,20,22). The molecule has 0 spiro atoms. The summed E-state index contributed by atoms with van der Waals surface area (Å²) in [7, 11) is 0. The number of halogens is 1. The van der Waals surface area contributed by atoms with Gasteiger partial charge < -0.3 is 0 Å². The Bertz CT molecular complexity index is 830. The molecule has 6 nitrogen and oxygen atoms in total. The molecule has 23 heavy (non-hydrogen) atoms. The predicted molar refractivity (Wildman–Crippen MR) is 85.3 cm³/mol. The van der Waals surface area contributed by atoms with Crippen molar-refractivity contribution in [2.45, 2.75) is 6.54 Å². The highest BCUT2D eigenvalue weighted by Gasteiger charge is 2.07. The lowest BCUT2D eigenvalue weighted by atomic mass is 10.1. The van der Waals surface area contributed by atoms with E-state index in [-0.39, 0.29) is 0 Å². The maximum atomic E-state index is 11.3. The summed E-state index contributed by atoms with van der Waals surface area (Å²) in [6.45, 7) is 0.522. The zero-order valence-electron chi connectivity index (χ0n) is 12.0. The van der Waals surface area contributed by atoms with E-state index in [9.17, 15) is 4.79 Å². The van der Waals surface area contributed by atoms with Crippen molar-refractivity contribution >= 4 is 17.5 Å². The van der Waals surface area contributed by atoms with Crippen LogP contribution in [0.2, 0.25) is 5.02 Å². The lowest BCUT2D eigenvalue weighted by Crippen LogP contribution is -2.18. The smallest absolute Gasteiger partial charge is 0.274 e. The summed E-state index contributed by atoms with van der Waals surface area (Å²) in [5.41, 5.74) is 3.80. The van der Waals surface area contributed by atoms with E-state index < -0.39 is 5.91 Å². The largest absolute Gasteiger partial charge is 0.288 e. The van der Waals surface area contributed by atoms with Gasteiger partial charge in [0.05, 0.1) is 6.54 Å². The SMILES string of the molecule is O=C(NO)c1ccc(Cn2cnc(-c3cccc(Cl)c3)n2)cc1. The van der Waals surface area contributed by atoms with Crippen LogP contribution in [0.1, 0.15) is 15.9 Å². The molecule has 116 valence electrons. The fourth-order valence-corrected chi connectivity index (χ4v) is 2.33. The zero-order valence-corrected chi connectivity index (χ0v) is 12.7. The molecule has 1 amide bonds. The van der Waals surface area contributed by atoms with E-state index in [0.29, 0.717) is 23.0 Å². The molecular weight excluding hydrogens is 316 g/mol. The van der Waals surface area contributed by atoms with Crippen molar-refractivity contribution in [3.8, 4) is 11.4 Å². The number of carbonyl (C=O) groups is 1. The molecule has 0 unspecified atom stereocenters. The summed E-state index contributed by atoms with van der Waals surface area (Å²) in [4.78, 5) is 15.6. The molecule has 3 rings (SSSR count). The topological polar surface area (TPSA) is 80.0 Å². The second-order valence-corrected chi connectivity index (χ2v) is 5.35. The summed E-state index contributed by atoms with van der Waals surface area (Å²) in [6.07, 6.45) is 1.64. The number of hydroxylamine groups is 1. The second kappa shape index (κ2) is 6.60. The van der Waals surface area contributed by atoms with Crippen LogP contribution in [0.4, 0.5) is 0 Å². The van der Waals surface area contributed by atoms with E-state index in [1.807, 2.05) is 18.2 Å². The van der Waals surface area contributed by atoms with Crippen LogP contribution in [-0.4, -0.2) is 25.9 Å². The molecule has 0 aliphatic rings. The van der Waals surface area contributed by atoms with Gasteiger partial charge in [-0.05, 0) is 29.8 Å². The number of hydrogen-bond acceptors (Lipinski definition) is 4. The van der Waals surface area contributed by atoms with Crippen LogP contribution < -0.4 is 5.48 Å². The molecule has 1 heterocycles. The lowest BCUT2D eigenvalue weighted by molar-refractivity contribution is 0.0706. The minimum absolute atomic E-state index is 0.384. The fourth-order valence-electron chi connectivity index (χ4n) is 2.14. The van der Waals surface area contributed by atoms with E-state index in [1.165, 1.54) is 0 Å². The lowest BCUT2D eigenvalue weighted by Gasteiger charge is -2.03. The van der Waals surface area contributed by atoms with Gasteiger partial charge >= 0.3 is 0 Å². The first-order chi connectivity index (χ1) is 11.2. The highest BCUT2D eigenvalue weighted by Crippen LogP contribution is 2.19. The van der Waals surface area contributed by atoms with Crippen LogP contribution in [0.5, 0.6) is 0 Å². The Balaban J connectivity index is 1.75. The van der Waals surface area contributed by atoms with Crippen molar-refractivity contribution < 1.29 is 10.0 Å². The van der Waals surface area contributed by atoms with Crippen LogP contribution in [0.3, 0.4) is 0 Å². The van der Waals surface area contributed by atoms with Crippen molar-refractivity contribution in [2.75, 3.05) is 0 Å². The molecule has 0 saturated heterocycles. The van der Waals surface area contributed by atoms with E-state index in [0.717, 1.165) is 11.1 Å². The quantitative estimate of drug-likeness (QED) is 0.570. The first-order valence-corrected chi connectivity index (χ1v) is 7.22. The molecule has 2 N–H and O–H groups in total. The Kier molecular flexibility index (Phi) is 4.36. The highest BCUT2D eigenvalue weighted by molar-refractivity contribution is 6.30. The van der Waals surface area contributed by atoms with Crippen molar-refractivity contribution in [1.29, 1.82) is 0 Å². The minimum Gasteiger partial charge on any atom is -0.288 e. The molecule has 0 bridgehead atoms. The Hall–Kier alpha value is -2.70. The van der Waals surface area contributed by atoms with Crippen LogP contribution >= 0.6 is 11.6 Å². The Labute approximate surface area is 137 Å². The first-order valence-electron chi connectivity index (χ1n) is 6.84. The van der Waals surface area contributed by atoms with Crippen molar-refractivity contribution in [3.63, 3.8) is 0 Å². The molecule has 0 saturated carbocycles. The van der Waals surface area contributed by atoms with Crippen molar-refractivity contribution in [3.05, 3.63) is 71.0 Å². The maximum Gasteiger partial charge on any atom is 0.274 e. The normalized spacial score (nSPS) is 10.5. The fraction of sp³-hybridized carbons (Fsp3) is 0.0625. The number of nitrogens with one attached hydrogen (secondary N) is 1. The van der Waals surface area contributed by atoms with Gasteiger partial charge in [0.25, 0.3) is 5.91 Å². The number of amides is 1. The van der Waals surface area contributed by atoms with Gasteiger partial charge in [-0.3, -0.25) is 10.0 Å². The van der Waals surface area contributed by atoms with E-state index in [4.69, 9.17) is 16.8 Å². The van der Waals surface area contributed by atoms with Crippen LogP contribution in [0.25, 0.3) is 11.4 Å². The monoisotopic (exact) mass is 328 g/mol. The molecule has 7 heteroatoms. The number of hydrogen-bond donors (Lipinski definition) is 2.